The van der Waals surface area contributed by atoms with E-state index in [-0.39, 0.29) is 6.61 Å². The number of hydrogen-bond donors (Lipinski definition) is 2. The third-order valence-electron chi connectivity index (χ3n) is 1.87. The lowest BCUT2D eigenvalue weighted by molar-refractivity contribution is 0.266. The first-order valence-corrected chi connectivity index (χ1v) is 4.86. The highest BCUT2D eigenvalue weighted by Crippen LogP contribution is 2.12. The van der Waals surface area contributed by atoms with E-state index in [9.17, 15) is 0 Å². The average Bonchev–Trinajstić information content (AvgIpc) is 2.59. The van der Waals surface area contributed by atoms with Crippen molar-refractivity contribution in [3.63, 3.8) is 0 Å². The Balaban J connectivity index is 2.51. The first-order chi connectivity index (χ1) is 6.70. The summed E-state index contributed by atoms with van der Waals surface area (Å²) < 4.78 is 2.63. The molecule has 0 aliphatic carbocycles. The van der Waals surface area contributed by atoms with Crippen molar-refractivity contribution in [2.24, 2.45) is 5.73 Å². The largest absolute Gasteiger partial charge is 0.394 e. The molecule has 2 aromatic rings. The number of nitrogens with zero attached hydrogens (tertiary/aromatic N) is 3. The molecular formula is C8H9BrN4O. The fourth-order valence-electron chi connectivity index (χ4n) is 1.15. The Morgan fingerprint density at radius 3 is 3.07 bits per heavy atom. The molecule has 0 bridgehead atoms. The number of fused-ring (bicyclic) bond motifs is 1. The van der Waals surface area contributed by atoms with Gasteiger partial charge in [0, 0.05) is 18.6 Å². The van der Waals surface area contributed by atoms with Crippen LogP contribution in [0, 0.1) is 0 Å². The molecule has 14 heavy (non-hydrogen) atoms. The molecule has 0 aliphatic heterocycles. The van der Waals surface area contributed by atoms with E-state index in [2.05, 4.69) is 25.9 Å². The number of aliphatic hydroxyl groups excluding tert-OH is 1. The van der Waals surface area contributed by atoms with Crippen LogP contribution in [0.5, 0.6) is 0 Å². The Labute approximate surface area is 88.7 Å². The summed E-state index contributed by atoms with van der Waals surface area (Å²) in [7, 11) is 0. The summed E-state index contributed by atoms with van der Waals surface area (Å²) in [5.41, 5.74) is 6.27. The Bertz CT molecular complexity index is 456. The number of halogens is 1. The monoisotopic (exact) mass is 256 g/mol. The highest BCUT2D eigenvalue weighted by atomic mass is 79.9. The van der Waals surface area contributed by atoms with Gasteiger partial charge in [-0.25, -0.2) is 9.97 Å². The topological polar surface area (TPSA) is 76.4 Å². The lowest BCUT2D eigenvalue weighted by Gasteiger charge is -2.00. The third kappa shape index (κ3) is 1.63. The second kappa shape index (κ2) is 3.64. The number of aliphatic hydroxyl groups is 1. The number of hydrogen-bond acceptors (Lipinski definition) is 4. The summed E-state index contributed by atoms with van der Waals surface area (Å²) in [6.07, 6.45) is 5.26. The van der Waals surface area contributed by atoms with Crippen LogP contribution < -0.4 is 5.73 Å². The van der Waals surface area contributed by atoms with Gasteiger partial charge in [-0.2, -0.15) is 0 Å². The van der Waals surface area contributed by atoms with Gasteiger partial charge in [-0.15, -0.1) is 0 Å². The molecule has 3 N–H and O–H groups in total. The van der Waals surface area contributed by atoms with E-state index in [0.717, 1.165) is 4.47 Å². The predicted octanol–water partition coefficient (Wildman–Crippen LogP) is 0.484. The van der Waals surface area contributed by atoms with E-state index < -0.39 is 6.04 Å². The number of rotatable bonds is 2. The van der Waals surface area contributed by atoms with Crippen molar-refractivity contribution in [2.45, 2.75) is 6.04 Å². The van der Waals surface area contributed by atoms with E-state index >= 15 is 0 Å². The SMILES string of the molecule is NC(CO)c1cn2cc(Br)cnc2n1. The lowest BCUT2D eigenvalue weighted by atomic mass is 10.2. The smallest absolute Gasteiger partial charge is 0.234 e. The second-order valence-electron chi connectivity index (χ2n) is 2.93. The van der Waals surface area contributed by atoms with E-state index in [4.69, 9.17) is 10.8 Å². The molecule has 74 valence electrons. The van der Waals surface area contributed by atoms with Crippen LogP contribution >= 0.6 is 15.9 Å². The van der Waals surface area contributed by atoms with Gasteiger partial charge in [-0.05, 0) is 15.9 Å². The number of nitrogens with two attached hydrogens (primary N) is 1. The van der Waals surface area contributed by atoms with Crippen LogP contribution in [0.15, 0.2) is 23.1 Å². The summed E-state index contributed by atoms with van der Waals surface area (Å²) in [4.78, 5) is 8.26. The van der Waals surface area contributed by atoms with Crippen molar-refractivity contribution in [3.05, 3.63) is 28.8 Å². The maximum atomic E-state index is 8.86. The molecule has 0 aliphatic rings. The zero-order chi connectivity index (χ0) is 10.1. The maximum Gasteiger partial charge on any atom is 0.234 e. The molecule has 5 nitrogen and oxygen atoms in total. The van der Waals surface area contributed by atoms with Crippen LogP contribution in [-0.2, 0) is 0 Å². The molecule has 1 atom stereocenters. The van der Waals surface area contributed by atoms with Crippen molar-refractivity contribution < 1.29 is 5.11 Å². The van der Waals surface area contributed by atoms with E-state index in [0.29, 0.717) is 11.5 Å². The quantitative estimate of drug-likeness (QED) is 0.820. The van der Waals surface area contributed by atoms with Crippen LogP contribution in [0.3, 0.4) is 0 Å². The van der Waals surface area contributed by atoms with E-state index in [1.54, 1.807) is 16.8 Å². The fourth-order valence-corrected chi connectivity index (χ4v) is 1.47. The van der Waals surface area contributed by atoms with Crippen LogP contribution in [0.4, 0.5) is 0 Å². The van der Waals surface area contributed by atoms with Crippen molar-refractivity contribution in [1.82, 2.24) is 14.4 Å². The Morgan fingerprint density at radius 2 is 2.36 bits per heavy atom. The van der Waals surface area contributed by atoms with Gasteiger partial charge in [0.2, 0.25) is 5.78 Å². The minimum atomic E-state index is -0.449. The van der Waals surface area contributed by atoms with Gasteiger partial charge in [0.15, 0.2) is 0 Å². The van der Waals surface area contributed by atoms with Crippen LogP contribution in [0.25, 0.3) is 5.78 Å². The van der Waals surface area contributed by atoms with Crippen LogP contribution in [0.1, 0.15) is 11.7 Å². The molecule has 0 aromatic carbocycles. The standard InChI is InChI=1S/C8H9BrN4O/c9-5-1-11-8-12-7(6(10)4-14)3-13(8)2-5/h1-3,6,14H,4,10H2. The number of imidazole rings is 1. The molecule has 0 radical (unpaired) electrons. The summed E-state index contributed by atoms with van der Waals surface area (Å²) in [6, 6.07) is -0.449. The van der Waals surface area contributed by atoms with Crippen LogP contribution in [0.2, 0.25) is 0 Å². The third-order valence-corrected chi connectivity index (χ3v) is 2.28. The minimum absolute atomic E-state index is 0.120. The van der Waals surface area contributed by atoms with Crippen molar-refractivity contribution in [1.29, 1.82) is 0 Å². The van der Waals surface area contributed by atoms with Crippen LogP contribution in [-0.4, -0.2) is 26.1 Å². The molecule has 1 unspecified atom stereocenters. The lowest BCUT2D eigenvalue weighted by Crippen LogP contribution is -2.14. The summed E-state index contributed by atoms with van der Waals surface area (Å²) in [5, 5.41) is 8.86. The van der Waals surface area contributed by atoms with Gasteiger partial charge in [0.25, 0.3) is 0 Å². The second-order valence-corrected chi connectivity index (χ2v) is 3.85. The van der Waals surface area contributed by atoms with Gasteiger partial charge in [0.1, 0.15) is 0 Å². The van der Waals surface area contributed by atoms with Gasteiger partial charge in [0.05, 0.1) is 22.8 Å². The Hall–Kier alpha value is -0.980. The maximum absolute atomic E-state index is 8.86. The molecule has 0 spiro atoms. The summed E-state index contributed by atoms with van der Waals surface area (Å²) in [5.74, 6) is 0.576. The fraction of sp³-hybridized carbons (Fsp3) is 0.250. The zero-order valence-electron chi connectivity index (χ0n) is 7.26. The van der Waals surface area contributed by atoms with E-state index in [1.165, 1.54) is 0 Å². The Kier molecular flexibility index (Phi) is 2.49. The molecule has 0 saturated heterocycles. The number of aromatic nitrogens is 3. The zero-order valence-corrected chi connectivity index (χ0v) is 8.85. The molecular weight excluding hydrogens is 248 g/mol. The molecule has 2 rings (SSSR count). The predicted molar refractivity (Wildman–Crippen MR) is 54.7 cm³/mol. The average molecular weight is 257 g/mol. The minimum Gasteiger partial charge on any atom is -0.394 e. The van der Waals surface area contributed by atoms with Crippen molar-refractivity contribution >= 4 is 21.7 Å². The highest BCUT2D eigenvalue weighted by molar-refractivity contribution is 9.10. The van der Waals surface area contributed by atoms with Gasteiger partial charge >= 0.3 is 0 Å². The summed E-state index contributed by atoms with van der Waals surface area (Å²) in [6.45, 7) is -0.120. The normalized spacial score (nSPS) is 13.4. The molecule has 0 fully saturated rings. The first-order valence-electron chi connectivity index (χ1n) is 4.07. The molecule has 6 heteroatoms. The molecule has 0 saturated carbocycles. The van der Waals surface area contributed by atoms with Crippen molar-refractivity contribution in [3.8, 4) is 0 Å². The molecule has 0 amide bonds. The van der Waals surface area contributed by atoms with Crippen molar-refractivity contribution in [2.75, 3.05) is 6.61 Å². The van der Waals surface area contributed by atoms with Gasteiger partial charge < -0.3 is 10.8 Å². The van der Waals surface area contributed by atoms with Gasteiger partial charge in [-0.1, -0.05) is 0 Å². The first kappa shape index (κ1) is 9.57. The van der Waals surface area contributed by atoms with E-state index in [1.807, 2.05) is 6.20 Å². The Morgan fingerprint density at radius 1 is 1.57 bits per heavy atom. The van der Waals surface area contributed by atoms with Gasteiger partial charge in [-0.3, -0.25) is 4.40 Å². The summed E-state index contributed by atoms with van der Waals surface area (Å²) >= 11 is 3.30. The molecule has 2 heterocycles. The molecule has 2 aromatic heterocycles. The highest BCUT2D eigenvalue weighted by Gasteiger charge is 2.09.